The van der Waals surface area contributed by atoms with E-state index in [9.17, 15) is 9.59 Å². The predicted octanol–water partition coefficient (Wildman–Crippen LogP) is 4.35. The topological polar surface area (TPSA) is 86.8 Å². The number of nitrogens with zero attached hydrogens (tertiary/aromatic N) is 1. The van der Waals surface area contributed by atoms with Crippen LogP contribution in [0.2, 0.25) is 0 Å². The van der Waals surface area contributed by atoms with Crippen LogP contribution in [0.3, 0.4) is 0 Å². The monoisotopic (exact) mass is 474 g/mol. The number of hydrogen-bond acceptors (Lipinski definition) is 6. The van der Waals surface area contributed by atoms with Crippen LogP contribution >= 0.6 is 0 Å². The third kappa shape index (κ3) is 4.86. The third-order valence-corrected chi connectivity index (χ3v) is 7.12. The number of nitrogens with one attached hydrogen (secondary N) is 1. The van der Waals surface area contributed by atoms with Gasteiger partial charge in [-0.3, -0.25) is 14.6 Å². The Bertz CT molecular complexity index is 1230. The number of rotatable bonds is 6. The number of ether oxygens (including phenoxy) is 3. The van der Waals surface area contributed by atoms with Gasteiger partial charge in [-0.2, -0.15) is 0 Å². The van der Waals surface area contributed by atoms with Gasteiger partial charge in [-0.1, -0.05) is 18.2 Å². The van der Waals surface area contributed by atoms with Crippen molar-refractivity contribution in [1.82, 2.24) is 10.3 Å². The highest BCUT2D eigenvalue weighted by Gasteiger charge is 2.51. The smallest absolute Gasteiger partial charge is 0.310 e. The van der Waals surface area contributed by atoms with Gasteiger partial charge in [0.15, 0.2) is 0 Å². The van der Waals surface area contributed by atoms with Crippen molar-refractivity contribution in [3.8, 4) is 5.75 Å². The van der Waals surface area contributed by atoms with E-state index in [4.69, 9.17) is 14.2 Å². The van der Waals surface area contributed by atoms with Gasteiger partial charge < -0.3 is 19.5 Å². The summed E-state index contributed by atoms with van der Waals surface area (Å²) in [5, 5.41) is 4.11. The highest BCUT2D eigenvalue weighted by Crippen LogP contribution is 2.44. The number of hydrogen-bond donors (Lipinski definition) is 1. The Balaban J connectivity index is 1.24. The molecule has 0 unspecified atom stereocenters. The molecule has 7 heteroatoms. The first kappa shape index (κ1) is 23.3. The van der Waals surface area contributed by atoms with E-state index in [2.05, 4.69) is 10.3 Å². The lowest BCUT2D eigenvalue weighted by atomic mass is 9.97. The summed E-state index contributed by atoms with van der Waals surface area (Å²) in [4.78, 5) is 29.9. The van der Waals surface area contributed by atoms with E-state index in [1.54, 1.807) is 24.3 Å². The Morgan fingerprint density at radius 2 is 1.94 bits per heavy atom. The van der Waals surface area contributed by atoms with E-state index in [0.29, 0.717) is 37.4 Å². The van der Waals surface area contributed by atoms with Crippen LogP contribution in [0.1, 0.15) is 47.3 Å². The Kier molecular flexibility index (Phi) is 6.43. The molecule has 1 spiro atoms. The highest BCUT2D eigenvalue weighted by atomic mass is 16.5. The van der Waals surface area contributed by atoms with E-state index in [-0.39, 0.29) is 23.5 Å². The molecule has 3 atom stereocenters. The molecule has 5 rings (SSSR count). The number of aryl methyl sites for hydroxylation is 1. The zero-order valence-corrected chi connectivity index (χ0v) is 20.1. The van der Waals surface area contributed by atoms with Crippen molar-refractivity contribution < 1.29 is 23.8 Å². The number of benzene rings is 2. The first-order chi connectivity index (χ1) is 17.0. The van der Waals surface area contributed by atoms with Crippen molar-refractivity contribution in [2.45, 2.75) is 50.9 Å². The summed E-state index contributed by atoms with van der Waals surface area (Å²) in [6.45, 7) is 3.07. The van der Waals surface area contributed by atoms with Crippen molar-refractivity contribution in [2.75, 3.05) is 13.7 Å². The van der Waals surface area contributed by atoms with Gasteiger partial charge in [-0.25, -0.2) is 0 Å². The maximum Gasteiger partial charge on any atom is 0.310 e. The van der Waals surface area contributed by atoms with E-state index < -0.39 is 5.92 Å². The molecule has 7 nitrogen and oxygen atoms in total. The molecule has 182 valence electrons. The van der Waals surface area contributed by atoms with Gasteiger partial charge in [0.25, 0.3) is 5.91 Å². The Morgan fingerprint density at radius 3 is 2.69 bits per heavy atom. The molecule has 1 aliphatic carbocycles. The molecule has 1 saturated heterocycles. The van der Waals surface area contributed by atoms with Crippen LogP contribution in [0.4, 0.5) is 0 Å². The number of pyridine rings is 1. The second-order valence-corrected chi connectivity index (χ2v) is 9.51. The average Bonchev–Trinajstić information content (AvgIpc) is 3.48. The van der Waals surface area contributed by atoms with Crippen molar-refractivity contribution in [3.05, 3.63) is 71.4 Å². The van der Waals surface area contributed by atoms with Crippen LogP contribution in [0.25, 0.3) is 10.9 Å². The molecule has 2 fully saturated rings. The van der Waals surface area contributed by atoms with Crippen LogP contribution in [-0.2, 0) is 20.9 Å². The quantitative estimate of drug-likeness (QED) is 0.535. The van der Waals surface area contributed by atoms with Crippen LogP contribution in [0, 0.1) is 12.8 Å². The minimum absolute atomic E-state index is 0.221. The zero-order chi connectivity index (χ0) is 24.4. The summed E-state index contributed by atoms with van der Waals surface area (Å²) < 4.78 is 17.0. The van der Waals surface area contributed by atoms with E-state index in [0.717, 1.165) is 35.0 Å². The second kappa shape index (κ2) is 9.66. The molecule has 1 amide bonds. The largest absolute Gasteiger partial charge is 0.489 e. The maximum atomic E-state index is 13.0. The molecular formula is C28H30N2O5. The molecule has 3 aromatic rings. The SMILES string of the molecule is COC(=O)[C@@H]1C[C@]2(CCCO2)C[C@@H]1NC(=O)c1ccc(OCc2cc(C)nc3ccccc23)cc1. The molecule has 2 aromatic carbocycles. The standard InChI is InChI=1S/C28H30N2O5/c1-18-14-20(22-6-3-4-7-24(22)29-18)17-34-21-10-8-19(9-11-21)26(31)30-25-16-28(12-5-13-35-28)15-23(25)27(32)33-2/h3-4,6-11,14,23,25H,5,12-13,15-17H2,1-2H3,(H,30,31)/t23-,25+,28-/m1/s1. The van der Waals surface area contributed by atoms with E-state index in [1.165, 1.54) is 7.11 Å². The van der Waals surface area contributed by atoms with E-state index in [1.807, 2.05) is 37.3 Å². The van der Waals surface area contributed by atoms with Crippen molar-refractivity contribution in [3.63, 3.8) is 0 Å². The van der Waals surface area contributed by atoms with Crippen LogP contribution < -0.4 is 10.1 Å². The first-order valence-electron chi connectivity index (χ1n) is 12.1. The molecule has 1 aliphatic heterocycles. The van der Waals surface area contributed by atoms with Gasteiger partial charge in [0.1, 0.15) is 12.4 Å². The Hall–Kier alpha value is -3.45. The van der Waals surface area contributed by atoms with Crippen molar-refractivity contribution in [2.24, 2.45) is 5.92 Å². The molecule has 1 N–H and O–H groups in total. The van der Waals surface area contributed by atoms with E-state index >= 15 is 0 Å². The molecule has 0 radical (unpaired) electrons. The first-order valence-corrected chi connectivity index (χ1v) is 12.1. The van der Waals surface area contributed by atoms with Gasteiger partial charge in [-0.05, 0) is 69.0 Å². The second-order valence-electron chi connectivity index (χ2n) is 9.51. The minimum atomic E-state index is -0.400. The lowest BCUT2D eigenvalue weighted by Gasteiger charge is -2.22. The van der Waals surface area contributed by atoms with Gasteiger partial charge in [0, 0.05) is 34.9 Å². The van der Waals surface area contributed by atoms with Crippen LogP contribution in [0.15, 0.2) is 54.6 Å². The number of fused-ring (bicyclic) bond motifs is 1. The number of methoxy groups -OCH3 is 1. The van der Waals surface area contributed by atoms with Crippen molar-refractivity contribution >= 4 is 22.8 Å². The van der Waals surface area contributed by atoms with Crippen LogP contribution in [0.5, 0.6) is 5.75 Å². The number of carbonyl (C=O) groups excluding carboxylic acids is 2. The number of esters is 1. The van der Waals surface area contributed by atoms with Crippen LogP contribution in [-0.4, -0.2) is 42.2 Å². The predicted molar refractivity (Wildman–Crippen MR) is 131 cm³/mol. The number of aromatic nitrogens is 1. The summed E-state index contributed by atoms with van der Waals surface area (Å²) in [7, 11) is 1.39. The summed E-state index contributed by atoms with van der Waals surface area (Å²) in [5.74, 6) is -0.249. The summed E-state index contributed by atoms with van der Waals surface area (Å²) in [5.41, 5.74) is 3.13. The van der Waals surface area contributed by atoms with Gasteiger partial charge in [0.05, 0.1) is 24.1 Å². The summed E-state index contributed by atoms with van der Waals surface area (Å²) in [6.07, 6.45) is 3.09. The molecule has 35 heavy (non-hydrogen) atoms. The van der Waals surface area contributed by atoms with Crippen molar-refractivity contribution in [1.29, 1.82) is 0 Å². The number of amides is 1. The van der Waals surface area contributed by atoms with Gasteiger partial charge >= 0.3 is 5.97 Å². The lowest BCUT2D eigenvalue weighted by Crippen LogP contribution is -2.40. The normalized spacial score (nSPS) is 23.5. The van der Waals surface area contributed by atoms with Gasteiger partial charge in [-0.15, -0.1) is 0 Å². The molecule has 1 saturated carbocycles. The molecule has 2 aliphatic rings. The average molecular weight is 475 g/mol. The summed E-state index contributed by atoms with van der Waals surface area (Å²) >= 11 is 0. The van der Waals surface area contributed by atoms with Gasteiger partial charge in [0.2, 0.25) is 0 Å². The number of carbonyl (C=O) groups is 2. The molecule has 2 heterocycles. The fourth-order valence-electron chi connectivity index (χ4n) is 5.43. The fourth-order valence-corrected chi connectivity index (χ4v) is 5.43. The lowest BCUT2D eigenvalue weighted by molar-refractivity contribution is -0.146. The maximum absolute atomic E-state index is 13.0. The molecule has 1 aromatic heterocycles. The Morgan fingerprint density at radius 1 is 1.14 bits per heavy atom. The zero-order valence-electron chi connectivity index (χ0n) is 20.1. The molecular weight excluding hydrogens is 444 g/mol. The highest BCUT2D eigenvalue weighted by molar-refractivity contribution is 5.95. The third-order valence-electron chi connectivity index (χ3n) is 7.12. The summed E-state index contributed by atoms with van der Waals surface area (Å²) in [6, 6.07) is 16.8. The number of para-hydroxylation sites is 1. The molecule has 0 bridgehead atoms. The fraction of sp³-hybridized carbons (Fsp3) is 0.393. The minimum Gasteiger partial charge on any atom is -0.489 e. The Labute approximate surface area is 204 Å².